The highest BCUT2D eigenvalue weighted by molar-refractivity contribution is 6.31. The first-order valence-corrected chi connectivity index (χ1v) is 9.54. The first-order chi connectivity index (χ1) is 13.2. The molecule has 27 heavy (non-hydrogen) atoms. The number of benzene rings is 1. The van der Waals surface area contributed by atoms with Gasteiger partial charge >= 0.3 is 0 Å². The van der Waals surface area contributed by atoms with Gasteiger partial charge < -0.3 is 19.7 Å². The zero-order chi connectivity index (χ0) is 18.7. The van der Waals surface area contributed by atoms with E-state index in [9.17, 15) is 4.79 Å². The van der Waals surface area contributed by atoms with Gasteiger partial charge in [-0.1, -0.05) is 29.8 Å². The van der Waals surface area contributed by atoms with Crippen LogP contribution in [0.1, 0.15) is 28.8 Å². The SMILES string of the molecule is O=C(NCc1ccccc1Cl)c1ccnc(N2CCC3(CC2)OCCO3)c1. The van der Waals surface area contributed by atoms with E-state index in [1.54, 1.807) is 12.3 Å². The van der Waals surface area contributed by atoms with Crippen molar-refractivity contribution in [1.82, 2.24) is 10.3 Å². The molecule has 1 N–H and O–H groups in total. The summed E-state index contributed by atoms with van der Waals surface area (Å²) in [6, 6.07) is 11.0. The fraction of sp³-hybridized carbons (Fsp3) is 0.400. The molecule has 2 fully saturated rings. The minimum absolute atomic E-state index is 0.144. The van der Waals surface area contributed by atoms with Gasteiger partial charge in [-0.25, -0.2) is 4.98 Å². The summed E-state index contributed by atoms with van der Waals surface area (Å²) < 4.78 is 11.5. The average molecular weight is 388 g/mol. The number of halogens is 1. The van der Waals surface area contributed by atoms with Gasteiger partial charge in [-0.3, -0.25) is 4.79 Å². The minimum Gasteiger partial charge on any atom is -0.356 e. The molecule has 1 aromatic heterocycles. The van der Waals surface area contributed by atoms with Gasteiger partial charge in [0.2, 0.25) is 0 Å². The number of pyridine rings is 1. The Hall–Kier alpha value is -2.15. The second kappa shape index (κ2) is 7.84. The Morgan fingerprint density at radius 3 is 2.67 bits per heavy atom. The van der Waals surface area contributed by atoms with Gasteiger partial charge in [0.05, 0.1) is 13.2 Å². The zero-order valence-corrected chi connectivity index (χ0v) is 15.7. The highest BCUT2D eigenvalue weighted by atomic mass is 35.5. The number of rotatable bonds is 4. The summed E-state index contributed by atoms with van der Waals surface area (Å²) in [5.74, 6) is 0.239. The lowest BCUT2D eigenvalue weighted by Gasteiger charge is -2.38. The molecule has 2 aromatic rings. The molecule has 1 amide bonds. The summed E-state index contributed by atoms with van der Waals surface area (Å²) in [5.41, 5.74) is 1.47. The number of amides is 1. The third-order valence-corrected chi connectivity index (χ3v) is 5.44. The lowest BCUT2D eigenvalue weighted by atomic mass is 10.0. The number of carbonyl (C=O) groups excluding carboxylic acids is 1. The van der Waals surface area contributed by atoms with Crippen LogP contribution >= 0.6 is 11.6 Å². The van der Waals surface area contributed by atoms with Crippen molar-refractivity contribution < 1.29 is 14.3 Å². The highest BCUT2D eigenvalue weighted by Gasteiger charge is 2.40. The van der Waals surface area contributed by atoms with Gasteiger partial charge in [0.25, 0.3) is 5.91 Å². The summed E-state index contributed by atoms with van der Waals surface area (Å²) in [6.45, 7) is 3.30. The van der Waals surface area contributed by atoms with Crippen LogP contribution in [0.4, 0.5) is 5.82 Å². The second-order valence-electron chi connectivity index (χ2n) is 6.77. The van der Waals surface area contributed by atoms with Crippen molar-refractivity contribution in [2.24, 2.45) is 0 Å². The van der Waals surface area contributed by atoms with Crippen molar-refractivity contribution in [3.8, 4) is 0 Å². The summed E-state index contributed by atoms with van der Waals surface area (Å²) in [7, 11) is 0. The largest absolute Gasteiger partial charge is 0.356 e. The van der Waals surface area contributed by atoms with Crippen molar-refractivity contribution in [2.45, 2.75) is 25.2 Å². The van der Waals surface area contributed by atoms with Gasteiger partial charge in [0.1, 0.15) is 5.82 Å². The monoisotopic (exact) mass is 387 g/mol. The predicted octanol–water partition coefficient (Wildman–Crippen LogP) is 3.01. The molecule has 0 saturated carbocycles. The lowest BCUT2D eigenvalue weighted by molar-refractivity contribution is -0.169. The van der Waals surface area contributed by atoms with Crippen molar-refractivity contribution in [3.63, 3.8) is 0 Å². The molecule has 6 nitrogen and oxygen atoms in total. The van der Waals surface area contributed by atoms with E-state index in [-0.39, 0.29) is 5.91 Å². The van der Waals surface area contributed by atoms with Crippen molar-refractivity contribution in [1.29, 1.82) is 0 Å². The van der Waals surface area contributed by atoms with Crippen molar-refractivity contribution in [2.75, 3.05) is 31.2 Å². The van der Waals surface area contributed by atoms with Crippen molar-refractivity contribution >= 4 is 23.3 Å². The molecule has 2 aliphatic heterocycles. The topological polar surface area (TPSA) is 63.7 Å². The summed E-state index contributed by atoms with van der Waals surface area (Å²) in [5, 5.41) is 3.56. The normalized spacial score (nSPS) is 18.6. The summed E-state index contributed by atoms with van der Waals surface area (Å²) in [4.78, 5) is 19.1. The maximum Gasteiger partial charge on any atom is 0.251 e. The second-order valence-corrected chi connectivity index (χ2v) is 7.18. The highest BCUT2D eigenvalue weighted by Crippen LogP contribution is 2.32. The van der Waals surface area contributed by atoms with Gasteiger partial charge in [-0.2, -0.15) is 0 Å². The number of piperidine rings is 1. The standard InChI is InChI=1S/C20H22ClN3O3/c21-17-4-2-1-3-16(17)14-23-19(25)15-5-8-22-18(13-15)24-9-6-20(7-10-24)26-11-12-27-20/h1-5,8,13H,6-7,9-12,14H2,(H,23,25). The quantitative estimate of drug-likeness (QED) is 0.873. The molecule has 3 heterocycles. The van der Waals surface area contributed by atoms with Crippen LogP contribution in [0, 0.1) is 0 Å². The molecule has 142 valence electrons. The first-order valence-electron chi connectivity index (χ1n) is 9.16. The van der Waals surface area contributed by atoms with Gasteiger partial charge in [0.15, 0.2) is 5.79 Å². The number of anilines is 1. The van der Waals surface area contributed by atoms with Gasteiger partial charge in [-0.15, -0.1) is 0 Å². The molecule has 4 rings (SSSR count). The number of hydrogen-bond donors (Lipinski definition) is 1. The van der Waals surface area contributed by atoms with Crippen LogP contribution in [0.25, 0.3) is 0 Å². The molecule has 1 spiro atoms. The smallest absolute Gasteiger partial charge is 0.251 e. The minimum atomic E-state index is -0.416. The maximum absolute atomic E-state index is 12.5. The van der Waals surface area contributed by atoms with E-state index in [4.69, 9.17) is 21.1 Å². The number of hydrogen-bond acceptors (Lipinski definition) is 5. The van der Waals surface area contributed by atoms with Crippen LogP contribution in [-0.2, 0) is 16.0 Å². The van der Waals surface area contributed by atoms with E-state index in [1.165, 1.54) is 0 Å². The maximum atomic E-state index is 12.5. The third kappa shape index (κ3) is 4.08. The Morgan fingerprint density at radius 2 is 1.93 bits per heavy atom. The average Bonchev–Trinajstić information content (AvgIpc) is 3.16. The Labute approximate surface area is 163 Å². The third-order valence-electron chi connectivity index (χ3n) is 5.07. The Bertz CT molecular complexity index is 814. The fourth-order valence-electron chi connectivity index (χ4n) is 3.51. The zero-order valence-electron chi connectivity index (χ0n) is 15.0. The van der Waals surface area contributed by atoms with E-state index in [2.05, 4.69) is 15.2 Å². The first kappa shape index (κ1) is 18.2. The number of nitrogens with zero attached hydrogens (tertiary/aromatic N) is 2. The lowest BCUT2D eigenvalue weighted by Crippen LogP contribution is -2.45. The van der Waals surface area contributed by atoms with Crippen LogP contribution in [0.15, 0.2) is 42.6 Å². The van der Waals surface area contributed by atoms with E-state index in [0.717, 1.165) is 37.3 Å². The van der Waals surface area contributed by atoms with Crippen LogP contribution in [0.2, 0.25) is 5.02 Å². The molecular formula is C20H22ClN3O3. The molecule has 0 radical (unpaired) electrons. The molecular weight excluding hydrogens is 366 g/mol. The van der Waals surface area contributed by atoms with E-state index < -0.39 is 5.79 Å². The number of aromatic nitrogens is 1. The van der Waals surface area contributed by atoms with Crippen LogP contribution in [0.5, 0.6) is 0 Å². The molecule has 0 aliphatic carbocycles. The van der Waals surface area contributed by atoms with E-state index in [1.807, 2.05) is 30.3 Å². The van der Waals surface area contributed by atoms with Crippen LogP contribution in [-0.4, -0.2) is 43.0 Å². The van der Waals surface area contributed by atoms with E-state index in [0.29, 0.717) is 30.3 Å². The molecule has 2 saturated heterocycles. The van der Waals surface area contributed by atoms with Gasteiger partial charge in [0, 0.05) is 49.3 Å². The van der Waals surface area contributed by atoms with Crippen LogP contribution < -0.4 is 10.2 Å². The Morgan fingerprint density at radius 1 is 1.19 bits per heavy atom. The molecule has 0 bridgehead atoms. The van der Waals surface area contributed by atoms with Crippen LogP contribution in [0.3, 0.4) is 0 Å². The Balaban J connectivity index is 1.39. The fourth-order valence-corrected chi connectivity index (χ4v) is 3.72. The molecule has 0 atom stereocenters. The van der Waals surface area contributed by atoms with E-state index >= 15 is 0 Å². The summed E-state index contributed by atoms with van der Waals surface area (Å²) in [6.07, 6.45) is 3.28. The number of carbonyl (C=O) groups is 1. The molecule has 1 aromatic carbocycles. The molecule has 2 aliphatic rings. The number of ether oxygens (including phenoxy) is 2. The Kier molecular flexibility index (Phi) is 5.29. The summed E-state index contributed by atoms with van der Waals surface area (Å²) >= 11 is 6.14. The predicted molar refractivity (Wildman–Crippen MR) is 103 cm³/mol. The molecule has 7 heteroatoms. The number of nitrogens with one attached hydrogen (secondary N) is 1. The van der Waals surface area contributed by atoms with Crippen molar-refractivity contribution in [3.05, 3.63) is 58.7 Å². The van der Waals surface area contributed by atoms with Gasteiger partial charge in [-0.05, 0) is 23.8 Å². The molecule has 0 unspecified atom stereocenters.